The van der Waals surface area contributed by atoms with Gasteiger partial charge in [0.1, 0.15) is 6.26 Å². The van der Waals surface area contributed by atoms with Crippen LogP contribution in [0.2, 0.25) is 5.02 Å². The lowest BCUT2D eigenvalue weighted by Gasteiger charge is -2.23. The van der Waals surface area contributed by atoms with Crippen LogP contribution in [-0.4, -0.2) is 37.3 Å². The molecule has 1 saturated heterocycles. The van der Waals surface area contributed by atoms with Crippen molar-refractivity contribution < 1.29 is 17.6 Å². The number of halogens is 1. The fourth-order valence-electron chi connectivity index (χ4n) is 3.65. The molecule has 30 heavy (non-hydrogen) atoms. The molecule has 0 aliphatic carbocycles. The lowest BCUT2D eigenvalue weighted by Crippen LogP contribution is -2.36. The summed E-state index contributed by atoms with van der Waals surface area (Å²) in [6.07, 6.45) is 3.09. The van der Waals surface area contributed by atoms with Crippen LogP contribution in [0.25, 0.3) is 11.5 Å². The van der Waals surface area contributed by atoms with Crippen LogP contribution >= 0.6 is 11.6 Å². The highest BCUT2D eigenvalue weighted by Crippen LogP contribution is 2.30. The highest BCUT2D eigenvalue weighted by atomic mass is 35.5. The number of amides is 1. The monoisotopic (exact) mass is 444 g/mol. The fraction of sp³-hybridized carbons (Fsp3) is 0.273. The van der Waals surface area contributed by atoms with E-state index in [2.05, 4.69) is 4.98 Å². The molecule has 0 radical (unpaired) electrons. The molecule has 1 aromatic heterocycles. The van der Waals surface area contributed by atoms with E-state index in [1.54, 1.807) is 59.5 Å². The molecule has 6 nitrogen and oxygen atoms in total. The first-order valence-corrected chi connectivity index (χ1v) is 11.8. The zero-order valence-electron chi connectivity index (χ0n) is 16.2. The van der Waals surface area contributed by atoms with E-state index in [1.807, 2.05) is 0 Å². The number of hydrogen-bond acceptors (Lipinski definition) is 5. The minimum absolute atomic E-state index is 0.250. The Bertz CT molecular complexity index is 1140. The smallest absolute Gasteiger partial charge is 0.245 e. The second kappa shape index (κ2) is 8.62. The molecule has 0 spiro atoms. The first-order chi connectivity index (χ1) is 14.4. The van der Waals surface area contributed by atoms with E-state index in [4.69, 9.17) is 16.0 Å². The van der Waals surface area contributed by atoms with E-state index >= 15 is 0 Å². The van der Waals surface area contributed by atoms with Gasteiger partial charge in [-0.15, -0.1) is 0 Å². The van der Waals surface area contributed by atoms with Gasteiger partial charge in [0.2, 0.25) is 11.8 Å². The Morgan fingerprint density at radius 3 is 2.53 bits per heavy atom. The van der Waals surface area contributed by atoms with Gasteiger partial charge in [0.15, 0.2) is 15.1 Å². The first-order valence-electron chi connectivity index (χ1n) is 9.70. The van der Waals surface area contributed by atoms with Gasteiger partial charge in [-0.2, -0.15) is 0 Å². The van der Waals surface area contributed by atoms with Crippen molar-refractivity contribution in [2.45, 2.75) is 23.8 Å². The molecule has 2 aromatic carbocycles. The number of sulfone groups is 1. The number of carbonyl (C=O) groups is 1. The van der Waals surface area contributed by atoms with Gasteiger partial charge >= 0.3 is 0 Å². The third-order valence-electron chi connectivity index (χ3n) is 5.08. The van der Waals surface area contributed by atoms with Crippen molar-refractivity contribution in [3.63, 3.8) is 0 Å². The normalized spacial score (nSPS) is 15.3. The zero-order chi connectivity index (χ0) is 21.1. The number of aromatic nitrogens is 1. The van der Waals surface area contributed by atoms with Gasteiger partial charge in [-0.3, -0.25) is 4.79 Å². The molecule has 0 bridgehead atoms. The molecule has 8 heteroatoms. The summed E-state index contributed by atoms with van der Waals surface area (Å²) < 4.78 is 32.2. The Morgan fingerprint density at radius 1 is 1.10 bits per heavy atom. The van der Waals surface area contributed by atoms with Crippen LogP contribution in [0.5, 0.6) is 0 Å². The maximum atomic E-state index is 13.3. The van der Waals surface area contributed by atoms with E-state index < -0.39 is 20.8 Å². The van der Waals surface area contributed by atoms with Crippen molar-refractivity contribution in [2.24, 2.45) is 0 Å². The van der Waals surface area contributed by atoms with E-state index in [9.17, 15) is 13.2 Å². The molecule has 2 heterocycles. The van der Waals surface area contributed by atoms with E-state index in [1.165, 1.54) is 6.26 Å². The van der Waals surface area contributed by atoms with Crippen LogP contribution in [0, 0.1) is 0 Å². The molecule has 0 saturated carbocycles. The van der Waals surface area contributed by atoms with Crippen molar-refractivity contribution >= 4 is 27.3 Å². The van der Waals surface area contributed by atoms with Gasteiger partial charge in [0.25, 0.3) is 0 Å². The number of nitrogens with zero attached hydrogens (tertiary/aromatic N) is 2. The number of hydrogen-bond donors (Lipinski definition) is 0. The van der Waals surface area contributed by atoms with Crippen LogP contribution in [0.1, 0.15) is 29.3 Å². The number of oxazole rings is 1. The number of carbonyl (C=O) groups excluding carboxylic acids is 1. The largest absolute Gasteiger partial charge is 0.444 e. The van der Waals surface area contributed by atoms with Gasteiger partial charge in [-0.25, -0.2) is 13.4 Å². The van der Waals surface area contributed by atoms with Crippen LogP contribution < -0.4 is 0 Å². The summed E-state index contributed by atoms with van der Waals surface area (Å²) in [5, 5.41) is -0.733. The van der Waals surface area contributed by atoms with Gasteiger partial charge in [-0.1, -0.05) is 48.0 Å². The minimum atomic E-state index is -3.88. The van der Waals surface area contributed by atoms with E-state index in [-0.39, 0.29) is 17.5 Å². The number of benzene rings is 2. The van der Waals surface area contributed by atoms with Crippen LogP contribution in [0.3, 0.4) is 0 Å². The van der Waals surface area contributed by atoms with Gasteiger partial charge in [0, 0.05) is 23.7 Å². The van der Waals surface area contributed by atoms with Gasteiger partial charge in [-0.05, 0) is 36.6 Å². The summed E-state index contributed by atoms with van der Waals surface area (Å²) in [5.74, 6) is -0.488. The lowest BCUT2D eigenvalue weighted by molar-refractivity contribution is -0.129. The molecule has 1 amide bonds. The van der Waals surface area contributed by atoms with Crippen molar-refractivity contribution in [1.82, 2.24) is 9.88 Å². The Balaban J connectivity index is 1.63. The fourth-order valence-corrected chi connectivity index (χ4v) is 5.58. The molecule has 1 aliphatic rings. The molecule has 0 N–H and O–H groups in total. The Hall–Kier alpha value is -2.64. The molecule has 4 rings (SSSR count). The quantitative estimate of drug-likeness (QED) is 0.567. The SMILES string of the molecule is O=C(C(c1ccccc1)S(=O)(=O)Cc1coc(-c2cccc(Cl)c2)n1)N1CCCC1. The van der Waals surface area contributed by atoms with Crippen molar-refractivity contribution in [3.05, 3.63) is 77.1 Å². The molecule has 1 aliphatic heterocycles. The maximum absolute atomic E-state index is 13.3. The maximum Gasteiger partial charge on any atom is 0.245 e. The molecule has 156 valence electrons. The third-order valence-corrected chi connectivity index (χ3v) is 7.20. The van der Waals surface area contributed by atoms with Crippen LogP contribution in [-0.2, 0) is 20.4 Å². The average molecular weight is 445 g/mol. The standard InChI is InChI=1S/C22H21ClN2O4S/c23-18-10-6-9-17(13-18)21-24-19(14-29-21)15-30(27,28)20(16-7-2-1-3-8-16)22(26)25-11-4-5-12-25/h1-3,6-10,13-14,20H,4-5,11-12,15H2. The summed E-state index contributed by atoms with van der Waals surface area (Å²) in [6.45, 7) is 1.17. The number of likely N-dealkylation sites (tertiary alicyclic amines) is 1. The Morgan fingerprint density at radius 2 is 1.83 bits per heavy atom. The van der Waals surface area contributed by atoms with Crippen molar-refractivity contribution in [3.8, 4) is 11.5 Å². The van der Waals surface area contributed by atoms with Gasteiger partial charge < -0.3 is 9.32 Å². The summed E-state index contributed by atoms with van der Waals surface area (Å²) >= 11 is 6.01. The van der Waals surface area contributed by atoms with Crippen LogP contribution in [0.15, 0.2) is 65.3 Å². The lowest BCUT2D eigenvalue weighted by atomic mass is 10.1. The minimum Gasteiger partial charge on any atom is -0.444 e. The summed E-state index contributed by atoms with van der Waals surface area (Å²) in [4.78, 5) is 19.1. The molecular formula is C22H21ClN2O4S. The number of rotatable bonds is 6. The highest BCUT2D eigenvalue weighted by molar-refractivity contribution is 7.91. The second-order valence-electron chi connectivity index (χ2n) is 7.28. The van der Waals surface area contributed by atoms with Crippen molar-refractivity contribution in [1.29, 1.82) is 0 Å². The summed E-state index contributed by atoms with van der Waals surface area (Å²) in [7, 11) is -3.88. The highest BCUT2D eigenvalue weighted by Gasteiger charge is 2.38. The Kier molecular flexibility index (Phi) is 5.92. The summed E-state index contributed by atoms with van der Waals surface area (Å²) in [6, 6.07) is 15.6. The van der Waals surface area contributed by atoms with Gasteiger partial charge in [0.05, 0.1) is 11.4 Å². The average Bonchev–Trinajstić information content (AvgIpc) is 3.40. The zero-order valence-corrected chi connectivity index (χ0v) is 17.8. The van der Waals surface area contributed by atoms with Crippen molar-refractivity contribution in [2.75, 3.05) is 13.1 Å². The topological polar surface area (TPSA) is 80.5 Å². The Labute approximate surface area is 180 Å². The molecular weight excluding hydrogens is 424 g/mol. The van der Waals surface area contributed by atoms with E-state index in [0.717, 1.165) is 12.8 Å². The predicted octanol–water partition coefficient (Wildman–Crippen LogP) is 4.27. The molecule has 3 aromatic rings. The summed E-state index contributed by atoms with van der Waals surface area (Å²) in [5.41, 5.74) is 1.37. The van der Waals surface area contributed by atoms with E-state index in [0.29, 0.717) is 29.2 Å². The predicted molar refractivity (Wildman–Crippen MR) is 115 cm³/mol. The molecule has 1 unspecified atom stereocenters. The van der Waals surface area contributed by atoms with Crippen LogP contribution in [0.4, 0.5) is 0 Å². The second-order valence-corrected chi connectivity index (χ2v) is 9.81. The first kappa shape index (κ1) is 20.6. The third kappa shape index (κ3) is 4.42. The molecule has 1 fully saturated rings. The molecule has 1 atom stereocenters.